The molecule has 108 valence electrons. The van der Waals surface area contributed by atoms with Crippen LogP contribution in [0.3, 0.4) is 0 Å². The van der Waals surface area contributed by atoms with Gasteiger partial charge in [0.15, 0.2) is 0 Å². The van der Waals surface area contributed by atoms with Gasteiger partial charge in [-0.2, -0.15) is 0 Å². The van der Waals surface area contributed by atoms with E-state index in [1.807, 2.05) is 6.07 Å². The fourth-order valence-electron chi connectivity index (χ4n) is 4.33. The van der Waals surface area contributed by atoms with E-state index in [0.717, 1.165) is 18.4 Å². The molecule has 0 radical (unpaired) electrons. The first-order valence-corrected chi connectivity index (χ1v) is 8.16. The Morgan fingerprint density at radius 3 is 2.43 bits per heavy atom. The van der Waals surface area contributed by atoms with Crippen molar-refractivity contribution in [2.24, 2.45) is 5.92 Å². The summed E-state index contributed by atoms with van der Waals surface area (Å²) < 4.78 is 0. The van der Waals surface area contributed by atoms with Crippen LogP contribution < -0.4 is 0 Å². The van der Waals surface area contributed by atoms with E-state index in [0.29, 0.717) is 11.8 Å². The monoisotopic (exact) mass is 278 g/mol. The van der Waals surface area contributed by atoms with Gasteiger partial charge in [-0.25, -0.2) is 0 Å². The van der Waals surface area contributed by atoms with Gasteiger partial charge in [0.05, 0.1) is 6.10 Å². The van der Waals surface area contributed by atoms with Gasteiger partial charge in [-0.1, -0.05) is 48.5 Å². The number of fused-ring (bicyclic) bond motifs is 2. The summed E-state index contributed by atoms with van der Waals surface area (Å²) >= 11 is 0. The molecule has 0 bridgehead atoms. The second-order valence-electron chi connectivity index (χ2n) is 6.63. The van der Waals surface area contributed by atoms with Crippen molar-refractivity contribution in [1.82, 2.24) is 0 Å². The van der Waals surface area contributed by atoms with Crippen LogP contribution in [0.5, 0.6) is 0 Å². The van der Waals surface area contributed by atoms with Gasteiger partial charge in [0.2, 0.25) is 0 Å². The molecule has 0 saturated heterocycles. The van der Waals surface area contributed by atoms with E-state index in [4.69, 9.17) is 0 Å². The predicted octanol–water partition coefficient (Wildman–Crippen LogP) is 4.40. The van der Waals surface area contributed by atoms with Gasteiger partial charge < -0.3 is 5.11 Å². The topological polar surface area (TPSA) is 20.2 Å². The van der Waals surface area contributed by atoms with Crippen molar-refractivity contribution in [3.8, 4) is 0 Å². The number of rotatable bonds is 2. The molecule has 1 nitrogen and oxygen atoms in total. The van der Waals surface area contributed by atoms with E-state index >= 15 is 0 Å². The zero-order valence-corrected chi connectivity index (χ0v) is 12.3. The third-order valence-electron chi connectivity index (χ3n) is 5.38. The molecule has 2 aromatic carbocycles. The van der Waals surface area contributed by atoms with Crippen LogP contribution in [0.15, 0.2) is 48.5 Å². The molecule has 3 atom stereocenters. The molecule has 2 aliphatic rings. The Hall–Kier alpha value is -1.60. The highest BCUT2D eigenvalue weighted by atomic mass is 16.3. The Morgan fingerprint density at radius 1 is 0.905 bits per heavy atom. The van der Waals surface area contributed by atoms with E-state index < -0.39 is 0 Å². The largest absolute Gasteiger partial charge is 0.388 e. The van der Waals surface area contributed by atoms with Gasteiger partial charge in [-0.3, -0.25) is 0 Å². The first kappa shape index (κ1) is 13.1. The fraction of sp³-hybridized carbons (Fsp3) is 0.400. The lowest BCUT2D eigenvalue weighted by molar-refractivity contribution is 0.112. The number of aliphatic hydroxyl groups is 1. The quantitative estimate of drug-likeness (QED) is 0.863. The Morgan fingerprint density at radius 2 is 1.62 bits per heavy atom. The summed E-state index contributed by atoms with van der Waals surface area (Å²) in [6.07, 6.45) is 5.67. The molecule has 0 saturated carbocycles. The highest BCUT2D eigenvalue weighted by Crippen LogP contribution is 2.44. The minimum atomic E-state index is -0.268. The third-order valence-corrected chi connectivity index (χ3v) is 5.38. The smallest absolute Gasteiger partial charge is 0.0824 e. The first-order valence-electron chi connectivity index (χ1n) is 8.16. The normalized spacial score (nSPS) is 27.2. The maximum absolute atomic E-state index is 10.6. The number of hydrogen-bond donors (Lipinski definition) is 1. The Kier molecular flexibility index (Phi) is 3.31. The van der Waals surface area contributed by atoms with Crippen LogP contribution in [0.25, 0.3) is 0 Å². The average Bonchev–Trinajstić information content (AvgIpc) is 2.85. The van der Waals surface area contributed by atoms with Gasteiger partial charge in [0.1, 0.15) is 0 Å². The van der Waals surface area contributed by atoms with Crippen molar-refractivity contribution in [3.05, 3.63) is 70.8 Å². The van der Waals surface area contributed by atoms with Gasteiger partial charge >= 0.3 is 0 Å². The maximum atomic E-state index is 10.6. The molecule has 0 spiro atoms. The summed E-state index contributed by atoms with van der Waals surface area (Å²) in [7, 11) is 0. The zero-order chi connectivity index (χ0) is 14.2. The molecule has 21 heavy (non-hydrogen) atoms. The Labute approximate surface area is 126 Å². The predicted molar refractivity (Wildman–Crippen MR) is 85.3 cm³/mol. The van der Waals surface area contributed by atoms with Gasteiger partial charge in [-0.05, 0) is 66.2 Å². The molecule has 2 aliphatic carbocycles. The lowest BCUT2D eigenvalue weighted by atomic mass is 9.77. The van der Waals surface area contributed by atoms with E-state index in [1.54, 1.807) is 0 Å². The summed E-state index contributed by atoms with van der Waals surface area (Å²) in [5.41, 5.74) is 5.57. The number of aryl methyl sites for hydroxylation is 1. The van der Waals surface area contributed by atoms with Crippen LogP contribution in [-0.4, -0.2) is 5.11 Å². The molecule has 3 unspecified atom stereocenters. The van der Waals surface area contributed by atoms with Crippen molar-refractivity contribution in [2.75, 3.05) is 0 Å². The number of aliphatic hydroxyl groups excluding tert-OH is 1. The third kappa shape index (κ3) is 2.30. The van der Waals surface area contributed by atoms with E-state index in [2.05, 4.69) is 42.5 Å². The van der Waals surface area contributed by atoms with Crippen LogP contribution in [0.4, 0.5) is 0 Å². The van der Waals surface area contributed by atoms with Gasteiger partial charge in [0, 0.05) is 0 Å². The number of hydrogen-bond acceptors (Lipinski definition) is 1. The molecular formula is C20H22O. The first-order chi connectivity index (χ1) is 10.3. The minimum absolute atomic E-state index is 0.268. The Bertz CT molecular complexity index is 646. The van der Waals surface area contributed by atoms with Crippen molar-refractivity contribution < 1.29 is 5.11 Å². The molecule has 2 aromatic rings. The van der Waals surface area contributed by atoms with E-state index in [-0.39, 0.29) is 6.10 Å². The van der Waals surface area contributed by atoms with Crippen LogP contribution in [0, 0.1) is 5.92 Å². The molecule has 0 fully saturated rings. The summed E-state index contributed by atoms with van der Waals surface area (Å²) in [4.78, 5) is 0. The minimum Gasteiger partial charge on any atom is -0.388 e. The lowest BCUT2D eigenvalue weighted by Gasteiger charge is -2.28. The maximum Gasteiger partial charge on any atom is 0.0824 e. The summed E-state index contributed by atoms with van der Waals surface area (Å²) in [5.74, 6) is 1.02. The summed E-state index contributed by atoms with van der Waals surface area (Å²) in [6, 6.07) is 17.3. The van der Waals surface area contributed by atoms with Gasteiger partial charge in [0.25, 0.3) is 0 Å². The van der Waals surface area contributed by atoms with Crippen LogP contribution in [-0.2, 0) is 12.8 Å². The molecule has 0 aliphatic heterocycles. The zero-order valence-electron chi connectivity index (χ0n) is 12.3. The lowest BCUT2D eigenvalue weighted by Crippen LogP contribution is -2.16. The second-order valence-corrected chi connectivity index (χ2v) is 6.63. The highest BCUT2D eigenvalue weighted by Gasteiger charge is 2.33. The van der Waals surface area contributed by atoms with Crippen LogP contribution >= 0.6 is 0 Å². The van der Waals surface area contributed by atoms with E-state index in [1.165, 1.54) is 36.0 Å². The van der Waals surface area contributed by atoms with Crippen molar-refractivity contribution in [1.29, 1.82) is 0 Å². The van der Waals surface area contributed by atoms with Crippen LogP contribution in [0.2, 0.25) is 0 Å². The molecule has 4 rings (SSSR count). The SMILES string of the molecule is OC1c2ccccc2CC1CC1CCCc2ccccc21. The van der Waals surface area contributed by atoms with Gasteiger partial charge in [-0.15, -0.1) is 0 Å². The second kappa shape index (κ2) is 5.31. The Balaban J connectivity index is 1.56. The summed E-state index contributed by atoms with van der Waals surface area (Å²) in [6.45, 7) is 0. The standard InChI is InChI=1S/C20H22O/c21-20-17(13-16-7-2-4-11-19(16)20)12-15-9-5-8-14-6-1-3-10-18(14)15/h1-4,6-7,10-11,15,17,20-21H,5,8-9,12-13H2. The molecule has 1 heteroatoms. The molecule has 1 N–H and O–H groups in total. The molecule has 0 amide bonds. The molecule has 0 aromatic heterocycles. The van der Waals surface area contributed by atoms with Crippen LogP contribution in [0.1, 0.15) is 53.5 Å². The van der Waals surface area contributed by atoms with Crippen molar-refractivity contribution in [3.63, 3.8) is 0 Å². The average molecular weight is 278 g/mol. The fourth-order valence-corrected chi connectivity index (χ4v) is 4.33. The highest BCUT2D eigenvalue weighted by molar-refractivity contribution is 5.36. The van der Waals surface area contributed by atoms with E-state index in [9.17, 15) is 5.11 Å². The van der Waals surface area contributed by atoms with Crippen molar-refractivity contribution in [2.45, 2.75) is 44.1 Å². The van der Waals surface area contributed by atoms with Crippen molar-refractivity contribution >= 4 is 0 Å². The number of benzene rings is 2. The molecule has 0 heterocycles. The summed E-state index contributed by atoms with van der Waals surface area (Å²) in [5, 5.41) is 10.6. The molecular weight excluding hydrogens is 256 g/mol.